The van der Waals surface area contributed by atoms with Gasteiger partial charge in [0.2, 0.25) is 0 Å². The standard InChI is InChI=1S/C31H41ClN2O4S.C4H10O2/c1-3-5-20-14-24(32)10-12-25(20)23-17-34-16-22-8-11-26(22)29(36)7-4-6-28(35)19(2)39-33-31(37)21-9-13-30(38-18-23)27(34)15-21;1-5-3-4-6-2/h4,7,9-10,12-13,15,19,22-24,26,28-29,35-36H,3,5-6,8,11,14,16-18H2,1-2H3,(H,33,37);3-4H2,1-2H3/b7-4+;. The molecule has 0 saturated heterocycles. The van der Waals surface area contributed by atoms with E-state index in [1.165, 1.54) is 23.1 Å². The fourth-order valence-corrected chi connectivity index (χ4v) is 7.35. The molecule has 1 amide bonds. The first-order valence-electron chi connectivity index (χ1n) is 16.3. The van der Waals surface area contributed by atoms with E-state index in [1.54, 1.807) is 14.2 Å². The molecule has 10 heteroatoms. The van der Waals surface area contributed by atoms with Crippen molar-refractivity contribution in [1.29, 1.82) is 0 Å². The highest BCUT2D eigenvalue weighted by molar-refractivity contribution is 7.98. The van der Waals surface area contributed by atoms with Crippen LogP contribution in [0.1, 0.15) is 62.7 Å². The van der Waals surface area contributed by atoms with Gasteiger partial charge in [0.1, 0.15) is 5.75 Å². The zero-order valence-corrected chi connectivity index (χ0v) is 28.7. The molecular weight excluding hydrogens is 612 g/mol. The Bertz CT molecular complexity index is 1200. The number of ether oxygens (including phenoxy) is 3. The minimum Gasteiger partial charge on any atom is -0.491 e. The number of carbonyl (C=O) groups excluding carboxylic acids is 1. The lowest BCUT2D eigenvalue weighted by Crippen LogP contribution is -2.44. The number of benzene rings is 1. The number of rotatable bonds is 6. The summed E-state index contributed by atoms with van der Waals surface area (Å²) in [6.07, 6.45) is 12.4. The van der Waals surface area contributed by atoms with Crippen molar-refractivity contribution in [3.8, 4) is 5.75 Å². The zero-order valence-electron chi connectivity index (χ0n) is 27.1. The van der Waals surface area contributed by atoms with Crippen LogP contribution in [-0.4, -0.2) is 86.1 Å². The van der Waals surface area contributed by atoms with Gasteiger partial charge < -0.3 is 29.3 Å². The Morgan fingerprint density at radius 3 is 2.60 bits per heavy atom. The van der Waals surface area contributed by atoms with Crippen molar-refractivity contribution in [2.24, 2.45) is 17.8 Å². The number of anilines is 1. The Hall–Kier alpha value is -2.01. The summed E-state index contributed by atoms with van der Waals surface area (Å²) in [6, 6.07) is 5.67. The fourth-order valence-electron chi connectivity index (χ4n) is 6.41. The Balaban J connectivity index is 0.000000700. The van der Waals surface area contributed by atoms with Crippen LogP contribution in [0.3, 0.4) is 0 Å². The van der Waals surface area contributed by atoms with E-state index in [0.717, 1.165) is 56.6 Å². The molecule has 2 aliphatic carbocycles. The maximum atomic E-state index is 13.1. The van der Waals surface area contributed by atoms with Gasteiger partial charge >= 0.3 is 0 Å². The molecule has 1 aromatic carbocycles. The number of fused-ring (bicyclic) bond motifs is 2. The van der Waals surface area contributed by atoms with Crippen molar-refractivity contribution < 1.29 is 29.2 Å². The van der Waals surface area contributed by atoms with Gasteiger partial charge in [0.15, 0.2) is 0 Å². The molecule has 1 aromatic rings. The number of methoxy groups -OCH3 is 2. The minimum atomic E-state index is -0.619. The largest absolute Gasteiger partial charge is 0.491 e. The van der Waals surface area contributed by atoms with Gasteiger partial charge in [-0.2, -0.15) is 0 Å². The quantitative estimate of drug-likeness (QED) is 0.149. The first-order chi connectivity index (χ1) is 21.7. The topological polar surface area (TPSA) is 100 Å². The van der Waals surface area contributed by atoms with Crippen molar-refractivity contribution >= 4 is 35.1 Å². The van der Waals surface area contributed by atoms with Gasteiger partial charge in [-0.05, 0) is 86.6 Å². The van der Waals surface area contributed by atoms with Crippen molar-refractivity contribution in [2.75, 3.05) is 52.0 Å². The van der Waals surface area contributed by atoms with Gasteiger partial charge in [0, 0.05) is 44.0 Å². The number of carbonyl (C=O) groups is 1. The average Bonchev–Trinajstić information content (AvgIpc) is 3.19. The van der Waals surface area contributed by atoms with Crippen LogP contribution < -0.4 is 14.4 Å². The van der Waals surface area contributed by atoms with Crippen LogP contribution in [0.15, 0.2) is 53.6 Å². The van der Waals surface area contributed by atoms with E-state index in [4.69, 9.17) is 16.3 Å². The van der Waals surface area contributed by atoms with Crippen LogP contribution in [0.5, 0.6) is 5.75 Å². The number of alkyl halides is 1. The molecule has 2 aliphatic heterocycles. The summed E-state index contributed by atoms with van der Waals surface area (Å²) in [7, 11) is 3.30. The molecule has 45 heavy (non-hydrogen) atoms. The summed E-state index contributed by atoms with van der Waals surface area (Å²) in [5.41, 5.74) is 4.26. The molecule has 2 bridgehead atoms. The van der Waals surface area contributed by atoms with Gasteiger partial charge in [0.05, 0.1) is 43.1 Å². The van der Waals surface area contributed by atoms with E-state index in [2.05, 4.69) is 38.2 Å². The second kappa shape index (κ2) is 17.8. The number of aliphatic hydroxyl groups excluding tert-OH is 2. The van der Waals surface area contributed by atoms with Crippen molar-refractivity contribution in [3.05, 3.63) is 59.2 Å². The number of allylic oxidation sites excluding steroid dienone is 3. The zero-order chi connectivity index (χ0) is 32.3. The molecule has 7 unspecified atom stereocenters. The summed E-state index contributed by atoms with van der Waals surface area (Å²) in [5.74, 6) is 1.30. The summed E-state index contributed by atoms with van der Waals surface area (Å²) in [6.45, 7) is 7.63. The highest BCUT2D eigenvalue weighted by Gasteiger charge is 2.38. The number of hydrogen-bond donors (Lipinski definition) is 3. The molecule has 0 aromatic heterocycles. The lowest BCUT2D eigenvalue weighted by atomic mass is 9.70. The van der Waals surface area contributed by atoms with Crippen molar-refractivity contribution in [1.82, 2.24) is 4.72 Å². The molecular formula is C35H51ClN2O6S. The van der Waals surface area contributed by atoms with Gasteiger partial charge in [-0.25, -0.2) is 0 Å². The van der Waals surface area contributed by atoms with Crippen LogP contribution in [0, 0.1) is 17.8 Å². The first-order valence-corrected chi connectivity index (χ1v) is 17.6. The Labute approximate surface area is 278 Å². The first kappa shape index (κ1) is 35.8. The molecule has 8 nitrogen and oxygen atoms in total. The molecule has 1 fully saturated rings. The second-order valence-corrected chi connectivity index (χ2v) is 14.2. The Kier molecular flexibility index (Phi) is 14.2. The second-order valence-electron chi connectivity index (χ2n) is 12.4. The molecule has 2 heterocycles. The minimum absolute atomic E-state index is 0.0372. The number of nitrogens with one attached hydrogen (secondary N) is 1. The Morgan fingerprint density at radius 1 is 1.13 bits per heavy atom. The maximum Gasteiger partial charge on any atom is 0.261 e. The predicted molar refractivity (Wildman–Crippen MR) is 183 cm³/mol. The van der Waals surface area contributed by atoms with E-state index in [-0.39, 0.29) is 28.4 Å². The van der Waals surface area contributed by atoms with E-state index in [1.807, 2.05) is 37.3 Å². The van der Waals surface area contributed by atoms with Crippen LogP contribution in [0.4, 0.5) is 5.69 Å². The van der Waals surface area contributed by atoms with E-state index < -0.39 is 12.2 Å². The van der Waals surface area contributed by atoms with Crippen LogP contribution in [0.2, 0.25) is 0 Å². The van der Waals surface area contributed by atoms with Gasteiger partial charge in [-0.15, -0.1) is 11.6 Å². The van der Waals surface area contributed by atoms with Gasteiger partial charge in [-0.3, -0.25) is 9.52 Å². The smallest absolute Gasteiger partial charge is 0.261 e. The predicted octanol–water partition coefficient (Wildman–Crippen LogP) is 5.92. The van der Waals surface area contributed by atoms with Gasteiger partial charge in [-0.1, -0.05) is 43.2 Å². The molecule has 4 aliphatic rings. The highest BCUT2D eigenvalue weighted by atomic mass is 35.5. The summed E-state index contributed by atoms with van der Waals surface area (Å²) in [4.78, 5) is 15.5. The van der Waals surface area contributed by atoms with Crippen molar-refractivity contribution in [3.63, 3.8) is 0 Å². The number of amides is 1. The summed E-state index contributed by atoms with van der Waals surface area (Å²) >= 11 is 7.74. The number of nitrogens with zero attached hydrogens (tertiary/aromatic N) is 1. The maximum absolute atomic E-state index is 13.1. The molecule has 7 atom stereocenters. The summed E-state index contributed by atoms with van der Waals surface area (Å²) in [5, 5.41) is 21.4. The SMILES string of the molecule is CCCC1=C(C2COc3ccc4cc3N(C2)CC2CCC2C(O)/C=C/CC(O)C(C)SNC4=O)C=CC(Cl)C1.COCCOC. The van der Waals surface area contributed by atoms with E-state index in [0.29, 0.717) is 37.7 Å². The molecule has 0 radical (unpaired) electrons. The van der Waals surface area contributed by atoms with Crippen LogP contribution in [-0.2, 0) is 9.47 Å². The van der Waals surface area contributed by atoms with E-state index >= 15 is 0 Å². The third-order valence-electron chi connectivity index (χ3n) is 9.22. The highest BCUT2D eigenvalue weighted by Crippen LogP contribution is 2.43. The molecule has 0 spiro atoms. The number of halogens is 1. The lowest BCUT2D eigenvalue weighted by molar-refractivity contribution is 0.0458. The normalized spacial score (nSPS) is 31.0. The van der Waals surface area contributed by atoms with Crippen LogP contribution in [0.25, 0.3) is 0 Å². The fraction of sp³-hybridized carbons (Fsp3) is 0.629. The average molecular weight is 663 g/mol. The van der Waals surface area contributed by atoms with E-state index in [9.17, 15) is 15.0 Å². The molecule has 1 saturated carbocycles. The van der Waals surface area contributed by atoms with Crippen LogP contribution >= 0.6 is 23.5 Å². The summed E-state index contributed by atoms with van der Waals surface area (Å²) < 4.78 is 18.7. The Morgan fingerprint density at radius 2 is 1.91 bits per heavy atom. The molecule has 3 N–H and O–H groups in total. The lowest BCUT2D eigenvalue weighted by Gasteiger charge is -2.43. The third kappa shape index (κ3) is 9.75. The molecule has 250 valence electrons. The van der Waals surface area contributed by atoms with Crippen molar-refractivity contribution in [2.45, 2.75) is 75.2 Å². The molecule has 5 rings (SSSR count). The monoisotopic (exact) mass is 662 g/mol. The van der Waals surface area contributed by atoms with Gasteiger partial charge in [0.25, 0.3) is 5.91 Å². The number of aliphatic hydroxyl groups is 2. The third-order valence-corrected chi connectivity index (χ3v) is 10.5. The number of hydrogen-bond acceptors (Lipinski definition) is 8.